The smallest absolute Gasteiger partial charge is 0.270 e. The highest BCUT2D eigenvalue weighted by atomic mass is 16.5. The van der Waals surface area contributed by atoms with Crippen molar-refractivity contribution in [3.8, 4) is 0 Å². The van der Waals surface area contributed by atoms with E-state index < -0.39 is 0 Å². The Morgan fingerprint density at radius 2 is 2.00 bits per heavy atom. The van der Waals surface area contributed by atoms with Gasteiger partial charge in [0.1, 0.15) is 17.3 Å². The van der Waals surface area contributed by atoms with E-state index in [2.05, 4.69) is 20.6 Å². The highest BCUT2D eigenvalue weighted by molar-refractivity contribution is 5.93. The first-order chi connectivity index (χ1) is 12.0. The summed E-state index contributed by atoms with van der Waals surface area (Å²) in [5.41, 5.74) is 3.62. The maximum absolute atomic E-state index is 12.4. The van der Waals surface area contributed by atoms with Crippen LogP contribution in [0.4, 0.5) is 11.5 Å². The van der Waals surface area contributed by atoms with Crippen LogP contribution in [-0.2, 0) is 4.74 Å². The molecule has 25 heavy (non-hydrogen) atoms. The zero-order chi connectivity index (χ0) is 17.8. The molecule has 6 nitrogen and oxygen atoms in total. The number of amides is 1. The van der Waals surface area contributed by atoms with Crippen LogP contribution in [0.25, 0.3) is 0 Å². The van der Waals surface area contributed by atoms with Gasteiger partial charge >= 0.3 is 0 Å². The van der Waals surface area contributed by atoms with Crippen molar-refractivity contribution < 1.29 is 9.53 Å². The van der Waals surface area contributed by atoms with Crippen LogP contribution in [-0.4, -0.2) is 35.1 Å². The highest BCUT2D eigenvalue weighted by Gasteiger charge is 2.18. The number of aromatic nitrogens is 2. The first-order valence-corrected chi connectivity index (χ1v) is 8.61. The molecule has 2 aromatic rings. The first kappa shape index (κ1) is 17.4. The molecule has 2 heterocycles. The molecule has 1 amide bonds. The molecule has 1 fully saturated rings. The van der Waals surface area contributed by atoms with E-state index in [9.17, 15) is 4.79 Å². The number of para-hydroxylation sites is 1. The summed E-state index contributed by atoms with van der Waals surface area (Å²) in [5, 5.41) is 6.22. The molecule has 132 valence electrons. The predicted octanol–water partition coefficient (Wildman–Crippen LogP) is 3.05. The summed E-state index contributed by atoms with van der Waals surface area (Å²) in [6.07, 6.45) is 2.15. The summed E-state index contributed by atoms with van der Waals surface area (Å²) in [5.74, 6) is 0.969. The lowest BCUT2D eigenvalue weighted by Crippen LogP contribution is -2.32. The van der Waals surface area contributed by atoms with Gasteiger partial charge in [-0.1, -0.05) is 18.2 Å². The zero-order valence-corrected chi connectivity index (χ0v) is 14.9. The number of rotatable bonds is 5. The van der Waals surface area contributed by atoms with E-state index in [0.717, 1.165) is 36.3 Å². The Kier molecular flexibility index (Phi) is 5.28. The van der Waals surface area contributed by atoms with E-state index in [1.54, 1.807) is 13.0 Å². The maximum Gasteiger partial charge on any atom is 0.270 e. The Labute approximate surface area is 148 Å². The van der Waals surface area contributed by atoms with E-state index in [-0.39, 0.29) is 12.0 Å². The van der Waals surface area contributed by atoms with Crippen molar-refractivity contribution in [2.75, 3.05) is 18.5 Å². The summed E-state index contributed by atoms with van der Waals surface area (Å²) in [4.78, 5) is 21.1. The second kappa shape index (κ2) is 7.61. The average molecular weight is 340 g/mol. The fourth-order valence-corrected chi connectivity index (χ4v) is 2.99. The monoisotopic (exact) mass is 340 g/mol. The minimum absolute atomic E-state index is 0.110. The quantitative estimate of drug-likeness (QED) is 0.875. The van der Waals surface area contributed by atoms with Crippen molar-refractivity contribution in [3.63, 3.8) is 0 Å². The third-order valence-electron chi connectivity index (χ3n) is 4.32. The van der Waals surface area contributed by atoms with Gasteiger partial charge in [-0.15, -0.1) is 0 Å². The number of aryl methyl sites for hydroxylation is 3. The maximum atomic E-state index is 12.4. The molecule has 2 N–H and O–H groups in total. The topological polar surface area (TPSA) is 76.1 Å². The Morgan fingerprint density at radius 1 is 1.24 bits per heavy atom. The van der Waals surface area contributed by atoms with Crippen LogP contribution in [0.5, 0.6) is 0 Å². The second-order valence-electron chi connectivity index (χ2n) is 6.42. The predicted molar refractivity (Wildman–Crippen MR) is 97.3 cm³/mol. The molecule has 1 aromatic heterocycles. The van der Waals surface area contributed by atoms with E-state index in [1.807, 2.05) is 32.0 Å². The third kappa shape index (κ3) is 4.33. The Balaban J connectivity index is 1.74. The lowest BCUT2D eigenvalue weighted by atomic mass is 10.1. The number of benzene rings is 1. The number of nitrogens with zero attached hydrogens (tertiary/aromatic N) is 2. The minimum atomic E-state index is -0.203. The molecule has 0 spiro atoms. The summed E-state index contributed by atoms with van der Waals surface area (Å²) in [7, 11) is 0. The van der Waals surface area contributed by atoms with Crippen LogP contribution >= 0.6 is 0 Å². The van der Waals surface area contributed by atoms with Crippen LogP contribution in [0.1, 0.15) is 40.3 Å². The Morgan fingerprint density at radius 3 is 2.68 bits per heavy atom. The van der Waals surface area contributed by atoms with Gasteiger partial charge in [-0.05, 0) is 44.7 Å². The number of anilines is 2. The second-order valence-corrected chi connectivity index (χ2v) is 6.42. The molecular weight excluding hydrogens is 316 g/mol. The summed E-state index contributed by atoms with van der Waals surface area (Å²) in [6, 6.07) is 7.78. The lowest BCUT2D eigenvalue weighted by molar-refractivity contribution is 0.0853. The van der Waals surface area contributed by atoms with Crippen LogP contribution in [0.3, 0.4) is 0 Å². The molecule has 1 aliphatic heterocycles. The Bertz CT molecular complexity index is 750. The van der Waals surface area contributed by atoms with Crippen LogP contribution in [0.15, 0.2) is 24.3 Å². The van der Waals surface area contributed by atoms with Gasteiger partial charge in [-0.25, -0.2) is 9.97 Å². The third-order valence-corrected chi connectivity index (χ3v) is 4.32. The normalized spacial score (nSPS) is 16.7. The summed E-state index contributed by atoms with van der Waals surface area (Å²) >= 11 is 0. The molecular formula is C19H24N4O2. The molecule has 3 rings (SSSR count). The van der Waals surface area contributed by atoms with E-state index in [0.29, 0.717) is 23.9 Å². The summed E-state index contributed by atoms with van der Waals surface area (Å²) < 4.78 is 5.53. The molecule has 1 aliphatic rings. The largest absolute Gasteiger partial charge is 0.376 e. The van der Waals surface area contributed by atoms with Gasteiger partial charge in [-0.3, -0.25) is 4.79 Å². The average Bonchev–Trinajstić information content (AvgIpc) is 3.09. The number of ether oxygens (including phenoxy) is 1. The van der Waals surface area contributed by atoms with Gasteiger partial charge in [0, 0.05) is 24.9 Å². The molecule has 0 radical (unpaired) electrons. The molecule has 1 unspecified atom stereocenters. The van der Waals surface area contributed by atoms with Gasteiger partial charge in [0.2, 0.25) is 0 Å². The molecule has 0 saturated carbocycles. The van der Waals surface area contributed by atoms with Gasteiger partial charge in [-0.2, -0.15) is 0 Å². The van der Waals surface area contributed by atoms with E-state index in [1.165, 1.54) is 0 Å². The molecule has 0 aliphatic carbocycles. The van der Waals surface area contributed by atoms with Crippen molar-refractivity contribution >= 4 is 17.4 Å². The lowest BCUT2D eigenvalue weighted by Gasteiger charge is -2.14. The van der Waals surface area contributed by atoms with Crippen molar-refractivity contribution in [1.82, 2.24) is 15.3 Å². The van der Waals surface area contributed by atoms with Crippen LogP contribution in [0, 0.1) is 20.8 Å². The number of carbonyl (C=O) groups is 1. The van der Waals surface area contributed by atoms with Gasteiger partial charge < -0.3 is 15.4 Å². The van der Waals surface area contributed by atoms with Crippen molar-refractivity contribution in [3.05, 3.63) is 46.9 Å². The Hall–Kier alpha value is -2.47. The van der Waals surface area contributed by atoms with Gasteiger partial charge in [0.15, 0.2) is 0 Å². The molecule has 1 aromatic carbocycles. The van der Waals surface area contributed by atoms with Crippen molar-refractivity contribution in [1.29, 1.82) is 0 Å². The number of hydrogen-bond donors (Lipinski definition) is 2. The van der Waals surface area contributed by atoms with E-state index >= 15 is 0 Å². The highest BCUT2D eigenvalue weighted by Crippen LogP contribution is 2.23. The van der Waals surface area contributed by atoms with Gasteiger partial charge in [0.25, 0.3) is 5.91 Å². The minimum Gasteiger partial charge on any atom is -0.376 e. The molecule has 1 atom stereocenters. The summed E-state index contributed by atoms with van der Waals surface area (Å²) in [6.45, 7) is 7.16. The fourth-order valence-electron chi connectivity index (χ4n) is 2.99. The zero-order valence-electron chi connectivity index (χ0n) is 14.9. The molecule has 1 saturated heterocycles. The first-order valence-electron chi connectivity index (χ1n) is 8.61. The standard InChI is InChI=1S/C19H24N4O2/c1-12-6-4-7-13(2)18(12)23-17-10-16(21-14(3)22-17)19(24)20-11-15-8-5-9-25-15/h4,6-7,10,15H,5,8-9,11H2,1-3H3,(H,20,24)(H,21,22,23). The van der Waals surface area contributed by atoms with Crippen LogP contribution in [0.2, 0.25) is 0 Å². The SMILES string of the molecule is Cc1nc(Nc2c(C)cccc2C)cc(C(=O)NCC2CCCO2)n1. The number of hydrogen-bond acceptors (Lipinski definition) is 5. The van der Waals surface area contributed by atoms with E-state index in [4.69, 9.17) is 4.74 Å². The molecule has 6 heteroatoms. The number of carbonyl (C=O) groups excluding carboxylic acids is 1. The fraction of sp³-hybridized carbons (Fsp3) is 0.421. The number of nitrogens with one attached hydrogen (secondary N) is 2. The van der Waals surface area contributed by atoms with Gasteiger partial charge in [0.05, 0.1) is 6.10 Å². The van der Waals surface area contributed by atoms with Crippen molar-refractivity contribution in [2.24, 2.45) is 0 Å². The molecule has 0 bridgehead atoms. The van der Waals surface area contributed by atoms with Crippen molar-refractivity contribution in [2.45, 2.75) is 39.7 Å². The van der Waals surface area contributed by atoms with Crippen LogP contribution < -0.4 is 10.6 Å².